The Kier molecular flexibility index (Phi) is 5.29. The zero-order valence-electron chi connectivity index (χ0n) is 14.4. The van der Waals surface area contributed by atoms with Crippen LogP contribution in [0.1, 0.15) is 11.1 Å². The second kappa shape index (κ2) is 7.22. The van der Waals surface area contributed by atoms with E-state index in [1.165, 1.54) is 0 Å². The summed E-state index contributed by atoms with van der Waals surface area (Å²) in [5, 5.41) is 3.22. The monoisotopic (exact) mass is 460 g/mol. The SMILES string of the molecule is O=C(/C=C(/Cl)n1cnc(-c2cc(C(F)(F)F)cc(C(F)(F)F)c2)n1)N1CC(F)(F)C1. The summed E-state index contributed by atoms with van der Waals surface area (Å²) in [7, 11) is 0. The van der Waals surface area contributed by atoms with Crippen molar-refractivity contribution in [2.24, 2.45) is 0 Å². The quantitative estimate of drug-likeness (QED) is 0.501. The van der Waals surface area contributed by atoms with E-state index in [-0.39, 0.29) is 6.07 Å². The maximum absolute atomic E-state index is 13.0. The molecule has 0 unspecified atom stereocenters. The van der Waals surface area contributed by atoms with Crippen LogP contribution < -0.4 is 0 Å². The van der Waals surface area contributed by atoms with Crippen LogP contribution >= 0.6 is 11.6 Å². The molecule has 0 saturated carbocycles. The van der Waals surface area contributed by atoms with Crippen molar-refractivity contribution in [2.75, 3.05) is 13.1 Å². The maximum Gasteiger partial charge on any atom is 0.416 e. The predicted molar refractivity (Wildman–Crippen MR) is 87.1 cm³/mol. The van der Waals surface area contributed by atoms with E-state index in [0.29, 0.717) is 16.8 Å². The summed E-state index contributed by atoms with van der Waals surface area (Å²) in [5.74, 6) is -4.40. The molecule has 0 radical (unpaired) electrons. The minimum absolute atomic E-state index is 0.0467. The number of hydrogen-bond acceptors (Lipinski definition) is 3. The lowest BCUT2D eigenvalue weighted by molar-refractivity contribution is -0.160. The lowest BCUT2D eigenvalue weighted by Crippen LogP contribution is -2.58. The fourth-order valence-corrected chi connectivity index (χ4v) is 2.68. The van der Waals surface area contributed by atoms with Gasteiger partial charge in [0.1, 0.15) is 11.5 Å². The molecule has 1 aromatic heterocycles. The molecule has 1 fully saturated rings. The molecule has 1 amide bonds. The van der Waals surface area contributed by atoms with Crippen LogP contribution in [0.4, 0.5) is 35.1 Å². The van der Waals surface area contributed by atoms with E-state index in [1.807, 2.05) is 0 Å². The predicted octanol–water partition coefficient (Wildman–Crippen LogP) is 4.50. The Labute approximate surface area is 167 Å². The largest absolute Gasteiger partial charge is 0.416 e. The van der Waals surface area contributed by atoms with Crippen LogP contribution in [0.25, 0.3) is 16.5 Å². The van der Waals surface area contributed by atoms with E-state index in [2.05, 4.69) is 10.1 Å². The van der Waals surface area contributed by atoms with Crippen LogP contribution in [-0.2, 0) is 17.1 Å². The van der Waals surface area contributed by atoms with Gasteiger partial charge < -0.3 is 4.90 Å². The molecule has 1 aliphatic heterocycles. The van der Waals surface area contributed by atoms with Gasteiger partial charge in [-0.2, -0.15) is 26.3 Å². The lowest BCUT2D eigenvalue weighted by atomic mass is 10.0. The molecule has 0 N–H and O–H groups in total. The maximum atomic E-state index is 13.0. The van der Waals surface area contributed by atoms with Crippen LogP contribution in [0.3, 0.4) is 0 Å². The first kappa shape index (κ1) is 22.0. The van der Waals surface area contributed by atoms with Gasteiger partial charge in [-0.1, -0.05) is 11.6 Å². The smallest absolute Gasteiger partial charge is 0.327 e. The number of likely N-dealkylation sites (tertiary alicyclic amines) is 1. The highest BCUT2D eigenvalue weighted by Crippen LogP contribution is 2.38. The summed E-state index contributed by atoms with van der Waals surface area (Å²) in [6.07, 6.45) is -8.54. The third-order valence-electron chi connectivity index (χ3n) is 3.96. The van der Waals surface area contributed by atoms with Crippen molar-refractivity contribution in [1.29, 1.82) is 0 Å². The first-order chi connectivity index (χ1) is 13.7. The molecule has 0 aliphatic carbocycles. The zero-order valence-corrected chi connectivity index (χ0v) is 15.2. The Morgan fingerprint density at radius 3 is 2.03 bits per heavy atom. The van der Waals surface area contributed by atoms with Crippen molar-refractivity contribution in [2.45, 2.75) is 18.3 Å². The normalized spacial score (nSPS) is 17.1. The van der Waals surface area contributed by atoms with E-state index in [0.717, 1.165) is 17.3 Å². The van der Waals surface area contributed by atoms with E-state index in [9.17, 15) is 39.9 Å². The lowest BCUT2D eigenvalue weighted by Gasteiger charge is -2.37. The van der Waals surface area contributed by atoms with Crippen LogP contribution in [0, 0.1) is 0 Å². The number of amides is 1. The van der Waals surface area contributed by atoms with Gasteiger partial charge in [-0.15, -0.1) is 5.10 Å². The topological polar surface area (TPSA) is 51.0 Å². The molecule has 2 aromatic rings. The van der Waals surface area contributed by atoms with Gasteiger partial charge in [-0.05, 0) is 18.2 Å². The van der Waals surface area contributed by atoms with Gasteiger partial charge in [0.25, 0.3) is 5.92 Å². The molecule has 30 heavy (non-hydrogen) atoms. The summed E-state index contributed by atoms with van der Waals surface area (Å²) >= 11 is 5.83. The van der Waals surface area contributed by atoms with Gasteiger partial charge in [0.05, 0.1) is 24.2 Å². The molecule has 2 heterocycles. The van der Waals surface area contributed by atoms with E-state index in [4.69, 9.17) is 11.6 Å². The number of aromatic nitrogens is 3. The molecule has 14 heteroatoms. The summed E-state index contributed by atoms with van der Waals surface area (Å²) in [5.41, 5.74) is -3.70. The number of halogens is 9. The first-order valence-corrected chi connectivity index (χ1v) is 8.29. The number of benzene rings is 1. The third-order valence-corrected chi connectivity index (χ3v) is 4.24. The molecule has 0 atom stereocenters. The van der Waals surface area contributed by atoms with Crippen LogP contribution in [0.2, 0.25) is 0 Å². The van der Waals surface area contributed by atoms with Crippen LogP contribution in [-0.4, -0.2) is 44.6 Å². The van der Waals surface area contributed by atoms with Crippen molar-refractivity contribution >= 4 is 22.7 Å². The standard InChI is InChI=1S/C16H9ClF8N4O/c17-11(4-12(30)28-5-14(18,19)6-28)29-7-26-13(27-29)8-1-9(15(20,21)22)3-10(2-8)16(23,24)25/h1-4,7H,5-6H2/b11-4-. The summed E-state index contributed by atoms with van der Waals surface area (Å²) in [4.78, 5) is 16.2. The van der Waals surface area contributed by atoms with Gasteiger partial charge in [0.15, 0.2) is 5.82 Å². The van der Waals surface area contributed by atoms with Crippen molar-refractivity contribution in [3.63, 3.8) is 0 Å². The van der Waals surface area contributed by atoms with Crippen molar-refractivity contribution in [1.82, 2.24) is 19.7 Å². The Bertz CT molecular complexity index is 971. The molecule has 0 spiro atoms. The summed E-state index contributed by atoms with van der Waals surface area (Å²) in [6, 6.07) is 0.814. The highest BCUT2D eigenvalue weighted by Gasteiger charge is 2.45. The van der Waals surface area contributed by atoms with Gasteiger partial charge in [-0.25, -0.2) is 18.4 Å². The third kappa shape index (κ3) is 4.71. The molecule has 162 valence electrons. The molecule has 5 nitrogen and oxygen atoms in total. The molecule has 1 saturated heterocycles. The molecule has 0 bridgehead atoms. The zero-order chi connectivity index (χ0) is 22.5. The van der Waals surface area contributed by atoms with Crippen LogP contribution in [0.5, 0.6) is 0 Å². The van der Waals surface area contributed by atoms with E-state index < -0.39 is 64.9 Å². The Balaban J connectivity index is 1.90. The fraction of sp³-hybridized carbons (Fsp3) is 0.312. The molecule has 3 rings (SSSR count). The average Bonchev–Trinajstić information content (AvgIpc) is 3.08. The first-order valence-electron chi connectivity index (χ1n) is 7.91. The number of carbonyl (C=O) groups excluding carboxylic acids is 1. The van der Waals surface area contributed by atoms with Crippen molar-refractivity contribution in [3.05, 3.63) is 41.7 Å². The number of rotatable bonds is 3. The second-order valence-electron chi connectivity index (χ2n) is 6.32. The number of carbonyl (C=O) groups is 1. The summed E-state index contributed by atoms with van der Waals surface area (Å²) in [6.45, 7) is -1.61. The fourth-order valence-electron chi connectivity index (χ4n) is 2.51. The van der Waals surface area contributed by atoms with Crippen molar-refractivity contribution < 1.29 is 39.9 Å². The van der Waals surface area contributed by atoms with E-state index in [1.54, 1.807) is 0 Å². The number of alkyl halides is 8. The van der Waals surface area contributed by atoms with Gasteiger partial charge in [0.2, 0.25) is 5.91 Å². The Morgan fingerprint density at radius 1 is 1.03 bits per heavy atom. The Morgan fingerprint density at radius 2 is 1.57 bits per heavy atom. The second-order valence-corrected chi connectivity index (χ2v) is 6.71. The average molecular weight is 461 g/mol. The molecule has 1 aromatic carbocycles. The minimum atomic E-state index is -5.05. The highest BCUT2D eigenvalue weighted by molar-refractivity contribution is 6.46. The number of nitrogens with zero attached hydrogens (tertiary/aromatic N) is 4. The molecular formula is C16H9ClF8N4O. The minimum Gasteiger partial charge on any atom is -0.327 e. The Hall–Kier alpha value is -2.70. The van der Waals surface area contributed by atoms with Crippen molar-refractivity contribution in [3.8, 4) is 11.4 Å². The van der Waals surface area contributed by atoms with Gasteiger partial charge >= 0.3 is 12.4 Å². The van der Waals surface area contributed by atoms with E-state index >= 15 is 0 Å². The molecule has 1 aliphatic rings. The number of hydrogen-bond donors (Lipinski definition) is 0. The van der Waals surface area contributed by atoms with Gasteiger partial charge in [0, 0.05) is 11.6 Å². The summed E-state index contributed by atoms with van der Waals surface area (Å²) < 4.78 is 104. The highest BCUT2D eigenvalue weighted by atomic mass is 35.5. The van der Waals surface area contributed by atoms with Gasteiger partial charge in [-0.3, -0.25) is 4.79 Å². The molecular weight excluding hydrogens is 452 g/mol. The van der Waals surface area contributed by atoms with Crippen LogP contribution in [0.15, 0.2) is 30.6 Å².